The smallest absolute Gasteiger partial charge is 0.165 e. The van der Waals surface area contributed by atoms with Gasteiger partial charge in [0.15, 0.2) is 17.0 Å². The minimum absolute atomic E-state index is 0.950. The van der Waals surface area contributed by atoms with Crippen LogP contribution >= 0.6 is 0 Å². The molecular weight excluding hydrogens is 362 g/mol. The van der Waals surface area contributed by atoms with E-state index in [4.69, 9.17) is 0 Å². The third-order valence-electron chi connectivity index (χ3n) is 6.15. The first-order chi connectivity index (χ1) is 14.4. The van der Waals surface area contributed by atoms with E-state index in [9.17, 15) is 0 Å². The second kappa shape index (κ2) is 8.37. The number of aromatic nitrogens is 4. The SMILES string of the molecule is c1ccc(N2CCN(CCCn3cnc4c(N5CCCC5)ncnc43)CC2)cc1. The number of hydrogen-bond acceptors (Lipinski definition) is 6. The summed E-state index contributed by atoms with van der Waals surface area (Å²) >= 11 is 0. The number of hydrogen-bond donors (Lipinski definition) is 0. The fraction of sp³-hybridized carbons (Fsp3) is 0.500. The first-order valence-corrected chi connectivity index (χ1v) is 10.8. The molecule has 2 aliphatic rings. The number of aryl methyl sites for hydroxylation is 1. The molecule has 2 aromatic heterocycles. The van der Waals surface area contributed by atoms with Gasteiger partial charge in [-0.25, -0.2) is 15.0 Å². The maximum absolute atomic E-state index is 4.65. The maximum atomic E-state index is 4.65. The second-order valence-electron chi connectivity index (χ2n) is 8.02. The number of nitrogens with zero attached hydrogens (tertiary/aromatic N) is 7. The third kappa shape index (κ3) is 3.92. The van der Waals surface area contributed by atoms with Crippen LogP contribution in [-0.2, 0) is 6.54 Å². The number of rotatable bonds is 6. The topological polar surface area (TPSA) is 53.3 Å². The van der Waals surface area contributed by atoms with Crippen LogP contribution in [0.4, 0.5) is 11.5 Å². The molecule has 7 heteroatoms. The van der Waals surface area contributed by atoms with Crippen LogP contribution < -0.4 is 9.80 Å². The van der Waals surface area contributed by atoms with Gasteiger partial charge >= 0.3 is 0 Å². The summed E-state index contributed by atoms with van der Waals surface area (Å²) in [5.41, 5.74) is 3.26. The van der Waals surface area contributed by atoms with Crippen molar-refractivity contribution in [2.45, 2.75) is 25.8 Å². The van der Waals surface area contributed by atoms with Gasteiger partial charge in [0.1, 0.15) is 6.33 Å². The lowest BCUT2D eigenvalue weighted by molar-refractivity contribution is 0.251. The highest BCUT2D eigenvalue weighted by molar-refractivity contribution is 5.83. The highest BCUT2D eigenvalue weighted by atomic mass is 15.3. The van der Waals surface area contributed by atoms with Crippen molar-refractivity contribution in [3.05, 3.63) is 43.0 Å². The Labute approximate surface area is 172 Å². The van der Waals surface area contributed by atoms with Crippen LogP contribution in [0.3, 0.4) is 0 Å². The number of imidazole rings is 1. The fourth-order valence-corrected chi connectivity index (χ4v) is 4.53. The molecule has 2 aliphatic heterocycles. The van der Waals surface area contributed by atoms with Gasteiger partial charge in [0, 0.05) is 51.5 Å². The quantitative estimate of drug-likeness (QED) is 0.644. The van der Waals surface area contributed by atoms with Gasteiger partial charge in [-0.3, -0.25) is 4.90 Å². The van der Waals surface area contributed by atoms with Gasteiger partial charge in [0.25, 0.3) is 0 Å². The molecule has 1 aromatic carbocycles. The Morgan fingerprint density at radius 1 is 0.759 bits per heavy atom. The number of anilines is 2. The first-order valence-electron chi connectivity index (χ1n) is 10.8. The molecule has 7 nitrogen and oxygen atoms in total. The molecule has 0 aliphatic carbocycles. The summed E-state index contributed by atoms with van der Waals surface area (Å²) in [7, 11) is 0. The molecule has 0 atom stereocenters. The number of piperazine rings is 1. The van der Waals surface area contributed by atoms with Crippen molar-refractivity contribution in [1.82, 2.24) is 24.4 Å². The maximum Gasteiger partial charge on any atom is 0.165 e. The molecule has 0 unspecified atom stereocenters. The lowest BCUT2D eigenvalue weighted by Crippen LogP contribution is -2.46. The van der Waals surface area contributed by atoms with Crippen LogP contribution in [0.15, 0.2) is 43.0 Å². The predicted octanol–water partition coefficient (Wildman–Crippen LogP) is 2.64. The largest absolute Gasteiger partial charge is 0.369 e. The molecule has 0 radical (unpaired) electrons. The van der Waals surface area contributed by atoms with Crippen molar-refractivity contribution in [2.75, 3.05) is 55.6 Å². The van der Waals surface area contributed by atoms with Crippen molar-refractivity contribution in [3.63, 3.8) is 0 Å². The number of fused-ring (bicyclic) bond motifs is 1. The highest BCUT2D eigenvalue weighted by Gasteiger charge is 2.20. The standard InChI is InChI=1S/C22H29N7/c1-2-7-19(8-3-1)27-15-13-26(14-16-27)9-6-12-29-18-25-20-21(23-17-24-22(20)29)28-10-4-5-11-28/h1-3,7-8,17-18H,4-6,9-16H2. The van der Waals surface area contributed by atoms with Crippen molar-refractivity contribution in [3.8, 4) is 0 Å². The molecule has 0 spiro atoms. The number of benzene rings is 1. The van der Waals surface area contributed by atoms with Crippen LogP contribution in [0.5, 0.6) is 0 Å². The summed E-state index contributed by atoms with van der Waals surface area (Å²) in [6, 6.07) is 10.7. The Morgan fingerprint density at radius 2 is 1.55 bits per heavy atom. The minimum Gasteiger partial charge on any atom is -0.369 e. The average molecular weight is 392 g/mol. The van der Waals surface area contributed by atoms with Crippen LogP contribution in [0.1, 0.15) is 19.3 Å². The summed E-state index contributed by atoms with van der Waals surface area (Å²) in [5.74, 6) is 1.00. The lowest BCUT2D eigenvalue weighted by atomic mass is 10.2. The summed E-state index contributed by atoms with van der Waals surface area (Å²) in [6.07, 6.45) is 7.22. The molecule has 3 aromatic rings. The Kier molecular flexibility index (Phi) is 5.30. The van der Waals surface area contributed by atoms with Crippen LogP contribution in [0, 0.1) is 0 Å². The van der Waals surface area contributed by atoms with Crippen molar-refractivity contribution >= 4 is 22.7 Å². The van der Waals surface area contributed by atoms with Crippen LogP contribution in [0.25, 0.3) is 11.2 Å². The molecule has 2 saturated heterocycles. The van der Waals surface area contributed by atoms with Crippen molar-refractivity contribution in [2.24, 2.45) is 0 Å². The van der Waals surface area contributed by atoms with E-state index >= 15 is 0 Å². The zero-order valence-corrected chi connectivity index (χ0v) is 17.0. The minimum atomic E-state index is 0.950. The van der Waals surface area contributed by atoms with E-state index in [-0.39, 0.29) is 0 Å². The first kappa shape index (κ1) is 18.4. The summed E-state index contributed by atoms with van der Waals surface area (Å²) in [4.78, 5) is 21.1. The number of para-hydroxylation sites is 1. The summed E-state index contributed by atoms with van der Waals surface area (Å²) < 4.78 is 2.19. The zero-order chi connectivity index (χ0) is 19.5. The van der Waals surface area contributed by atoms with E-state index in [0.29, 0.717) is 0 Å². The Balaban J connectivity index is 1.15. The lowest BCUT2D eigenvalue weighted by Gasteiger charge is -2.36. The van der Waals surface area contributed by atoms with E-state index < -0.39 is 0 Å². The monoisotopic (exact) mass is 391 g/mol. The predicted molar refractivity (Wildman–Crippen MR) is 116 cm³/mol. The molecular formula is C22H29N7. The molecule has 4 heterocycles. The van der Waals surface area contributed by atoms with E-state index in [1.165, 1.54) is 18.5 Å². The average Bonchev–Trinajstić information content (AvgIpc) is 3.45. The van der Waals surface area contributed by atoms with Crippen molar-refractivity contribution in [1.29, 1.82) is 0 Å². The molecule has 0 amide bonds. The molecule has 29 heavy (non-hydrogen) atoms. The second-order valence-corrected chi connectivity index (χ2v) is 8.02. The molecule has 152 valence electrons. The summed E-state index contributed by atoms with van der Waals surface area (Å²) in [5, 5.41) is 0. The molecule has 0 bridgehead atoms. The summed E-state index contributed by atoms with van der Waals surface area (Å²) in [6.45, 7) is 8.68. The molecule has 0 saturated carbocycles. The van der Waals surface area contributed by atoms with E-state index in [1.807, 2.05) is 6.33 Å². The Hall–Kier alpha value is -2.67. The third-order valence-corrected chi connectivity index (χ3v) is 6.15. The van der Waals surface area contributed by atoms with Gasteiger partial charge in [0.2, 0.25) is 0 Å². The Bertz CT molecular complexity index is 925. The van der Waals surface area contributed by atoms with Gasteiger partial charge in [-0.2, -0.15) is 0 Å². The molecule has 0 N–H and O–H groups in total. The van der Waals surface area contributed by atoms with E-state index in [2.05, 4.69) is 64.6 Å². The van der Waals surface area contributed by atoms with Crippen LogP contribution in [-0.4, -0.2) is 70.2 Å². The fourth-order valence-electron chi connectivity index (χ4n) is 4.53. The van der Waals surface area contributed by atoms with Gasteiger partial charge < -0.3 is 14.4 Å². The highest BCUT2D eigenvalue weighted by Crippen LogP contribution is 2.24. The van der Waals surface area contributed by atoms with Gasteiger partial charge in [0.05, 0.1) is 6.33 Å². The zero-order valence-electron chi connectivity index (χ0n) is 17.0. The molecule has 2 fully saturated rings. The van der Waals surface area contributed by atoms with E-state index in [1.54, 1.807) is 6.33 Å². The van der Waals surface area contributed by atoms with Crippen molar-refractivity contribution < 1.29 is 0 Å². The van der Waals surface area contributed by atoms with Gasteiger partial charge in [-0.05, 0) is 37.9 Å². The molecule has 5 rings (SSSR count). The van der Waals surface area contributed by atoms with Gasteiger partial charge in [-0.15, -0.1) is 0 Å². The van der Waals surface area contributed by atoms with Gasteiger partial charge in [-0.1, -0.05) is 18.2 Å². The van der Waals surface area contributed by atoms with E-state index in [0.717, 1.165) is 75.8 Å². The van der Waals surface area contributed by atoms with Crippen LogP contribution in [0.2, 0.25) is 0 Å². The Morgan fingerprint density at radius 3 is 2.34 bits per heavy atom. The normalized spacial score (nSPS) is 18.1.